The molecule has 0 aromatic carbocycles. The van der Waals surface area contributed by atoms with E-state index in [0.717, 1.165) is 22.9 Å². The first-order valence-electron chi connectivity index (χ1n) is 7.53. The summed E-state index contributed by atoms with van der Waals surface area (Å²) in [7, 11) is 1.60. The highest BCUT2D eigenvalue weighted by Crippen LogP contribution is 2.29. The summed E-state index contributed by atoms with van der Waals surface area (Å²) < 4.78 is 41.1. The van der Waals surface area contributed by atoms with Crippen molar-refractivity contribution in [2.45, 2.75) is 46.1 Å². The fourth-order valence-corrected chi connectivity index (χ4v) is 2.45. The predicted molar refractivity (Wildman–Crippen MR) is 81.1 cm³/mol. The van der Waals surface area contributed by atoms with Gasteiger partial charge in [-0.2, -0.15) is 23.4 Å². The Labute approximate surface area is 137 Å². The molecule has 0 aliphatic rings. The van der Waals surface area contributed by atoms with Crippen molar-refractivity contribution in [1.29, 1.82) is 0 Å². The first-order valence-corrected chi connectivity index (χ1v) is 7.53. The molecule has 1 amide bonds. The van der Waals surface area contributed by atoms with Gasteiger partial charge in [0.25, 0.3) is 0 Å². The quantitative estimate of drug-likeness (QED) is 0.839. The standard InChI is InChI=1S/C15H20F3N5O/c1-5-22-9-12(7-19-22)8-21(4)14(24)11(3)23-10(2)6-13(20-23)15(16,17)18/h6-7,9,11H,5,8H2,1-4H3. The molecule has 132 valence electrons. The second-order valence-electron chi connectivity index (χ2n) is 5.69. The van der Waals surface area contributed by atoms with Crippen LogP contribution in [0.15, 0.2) is 18.5 Å². The molecule has 0 N–H and O–H groups in total. The summed E-state index contributed by atoms with van der Waals surface area (Å²) in [6.07, 6.45) is -1.03. The number of carbonyl (C=O) groups is 1. The van der Waals surface area contributed by atoms with Crippen LogP contribution in [0.2, 0.25) is 0 Å². The molecule has 2 aromatic rings. The fourth-order valence-electron chi connectivity index (χ4n) is 2.45. The predicted octanol–water partition coefficient (Wildman–Crippen LogP) is 2.65. The number of amides is 1. The number of likely N-dealkylation sites (N-methyl/N-ethyl adjacent to an activating group) is 1. The second-order valence-corrected chi connectivity index (χ2v) is 5.69. The molecule has 0 saturated heterocycles. The average Bonchev–Trinajstić information content (AvgIpc) is 3.11. The minimum Gasteiger partial charge on any atom is -0.339 e. The zero-order chi connectivity index (χ0) is 18.1. The van der Waals surface area contributed by atoms with Gasteiger partial charge >= 0.3 is 6.18 Å². The zero-order valence-electron chi connectivity index (χ0n) is 14.0. The van der Waals surface area contributed by atoms with Gasteiger partial charge in [0.15, 0.2) is 5.69 Å². The molecule has 0 radical (unpaired) electrons. The highest BCUT2D eigenvalue weighted by molar-refractivity contribution is 5.79. The molecule has 0 aliphatic carbocycles. The molecule has 6 nitrogen and oxygen atoms in total. The maximum absolute atomic E-state index is 12.7. The Kier molecular flexibility index (Phi) is 5.00. The van der Waals surface area contributed by atoms with Crippen molar-refractivity contribution in [1.82, 2.24) is 24.5 Å². The molecular weight excluding hydrogens is 323 g/mol. The molecule has 0 bridgehead atoms. The molecular formula is C15H20F3N5O. The smallest absolute Gasteiger partial charge is 0.339 e. The fraction of sp³-hybridized carbons (Fsp3) is 0.533. The van der Waals surface area contributed by atoms with Crippen molar-refractivity contribution in [3.05, 3.63) is 35.4 Å². The molecule has 1 unspecified atom stereocenters. The summed E-state index contributed by atoms with van der Waals surface area (Å²) in [6, 6.07) is 0.113. The van der Waals surface area contributed by atoms with Gasteiger partial charge in [0.05, 0.1) is 6.20 Å². The largest absolute Gasteiger partial charge is 0.435 e. The number of hydrogen-bond donors (Lipinski definition) is 0. The molecule has 0 fully saturated rings. The van der Waals surface area contributed by atoms with Gasteiger partial charge in [-0.15, -0.1) is 0 Å². The number of hydrogen-bond acceptors (Lipinski definition) is 3. The number of nitrogens with zero attached hydrogens (tertiary/aromatic N) is 5. The van der Waals surface area contributed by atoms with Crippen LogP contribution in [0.4, 0.5) is 13.2 Å². The Morgan fingerprint density at radius 1 is 1.42 bits per heavy atom. The summed E-state index contributed by atoms with van der Waals surface area (Å²) in [4.78, 5) is 13.9. The third-order valence-corrected chi connectivity index (χ3v) is 3.74. The highest BCUT2D eigenvalue weighted by Gasteiger charge is 2.35. The van der Waals surface area contributed by atoms with E-state index in [-0.39, 0.29) is 11.6 Å². The van der Waals surface area contributed by atoms with Gasteiger partial charge in [-0.1, -0.05) is 0 Å². The van der Waals surface area contributed by atoms with E-state index in [2.05, 4.69) is 10.2 Å². The third-order valence-electron chi connectivity index (χ3n) is 3.74. The minimum absolute atomic E-state index is 0.287. The third kappa shape index (κ3) is 3.77. The van der Waals surface area contributed by atoms with Crippen LogP contribution in [-0.2, 0) is 24.1 Å². The topological polar surface area (TPSA) is 56.0 Å². The first-order chi connectivity index (χ1) is 11.1. The number of aryl methyl sites for hydroxylation is 2. The van der Waals surface area contributed by atoms with Crippen LogP contribution in [0.1, 0.15) is 36.8 Å². The summed E-state index contributed by atoms with van der Waals surface area (Å²) in [5.41, 5.74) is 0.148. The van der Waals surface area contributed by atoms with Gasteiger partial charge in [-0.25, -0.2) is 0 Å². The lowest BCUT2D eigenvalue weighted by Gasteiger charge is -2.22. The summed E-state index contributed by atoms with van der Waals surface area (Å²) in [5.74, 6) is -0.320. The summed E-state index contributed by atoms with van der Waals surface area (Å²) in [6.45, 7) is 6.04. The van der Waals surface area contributed by atoms with Gasteiger partial charge in [0.2, 0.25) is 5.91 Å². The van der Waals surface area contributed by atoms with E-state index in [1.165, 1.54) is 18.7 Å². The van der Waals surface area contributed by atoms with Crippen LogP contribution in [-0.4, -0.2) is 37.4 Å². The zero-order valence-corrected chi connectivity index (χ0v) is 14.0. The molecule has 0 aliphatic heterocycles. The van der Waals surface area contributed by atoms with Gasteiger partial charge in [0.1, 0.15) is 6.04 Å². The minimum atomic E-state index is -4.53. The number of aromatic nitrogens is 4. The van der Waals surface area contributed by atoms with Crippen molar-refractivity contribution in [3.63, 3.8) is 0 Å². The van der Waals surface area contributed by atoms with Crippen LogP contribution < -0.4 is 0 Å². The van der Waals surface area contributed by atoms with Gasteiger partial charge < -0.3 is 4.90 Å². The Morgan fingerprint density at radius 3 is 2.58 bits per heavy atom. The van der Waals surface area contributed by atoms with Crippen molar-refractivity contribution in [2.75, 3.05) is 7.05 Å². The van der Waals surface area contributed by atoms with Crippen molar-refractivity contribution in [3.8, 4) is 0 Å². The Morgan fingerprint density at radius 2 is 2.08 bits per heavy atom. The number of rotatable bonds is 5. The summed E-state index contributed by atoms with van der Waals surface area (Å²) in [5, 5.41) is 7.67. The maximum Gasteiger partial charge on any atom is 0.435 e. The first kappa shape index (κ1) is 18.0. The van der Waals surface area contributed by atoms with E-state index in [9.17, 15) is 18.0 Å². The van der Waals surface area contributed by atoms with Gasteiger partial charge in [0, 0.05) is 37.6 Å². The lowest BCUT2D eigenvalue weighted by atomic mass is 10.2. The van der Waals surface area contributed by atoms with E-state index in [1.54, 1.807) is 17.9 Å². The van der Waals surface area contributed by atoms with Crippen molar-refractivity contribution in [2.24, 2.45) is 0 Å². The SMILES string of the molecule is CCn1cc(CN(C)C(=O)C(C)n2nc(C(F)(F)F)cc2C)cn1. The van der Waals surface area contributed by atoms with Crippen LogP contribution >= 0.6 is 0 Å². The molecule has 2 rings (SSSR count). The number of alkyl halides is 3. The van der Waals surface area contributed by atoms with Crippen LogP contribution in [0, 0.1) is 6.92 Å². The molecule has 2 aromatic heterocycles. The van der Waals surface area contributed by atoms with E-state index in [4.69, 9.17) is 0 Å². The van der Waals surface area contributed by atoms with Gasteiger partial charge in [-0.05, 0) is 26.8 Å². The number of halogens is 3. The molecule has 2 heterocycles. The van der Waals surface area contributed by atoms with Crippen molar-refractivity contribution < 1.29 is 18.0 Å². The van der Waals surface area contributed by atoms with Crippen LogP contribution in [0.3, 0.4) is 0 Å². The lowest BCUT2D eigenvalue weighted by molar-refractivity contribution is -0.142. The maximum atomic E-state index is 12.7. The second kappa shape index (κ2) is 6.66. The normalized spacial score (nSPS) is 13.1. The molecule has 0 saturated carbocycles. The Bertz CT molecular complexity index is 719. The van der Waals surface area contributed by atoms with Crippen molar-refractivity contribution >= 4 is 5.91 Å². The summed E-state index contributed by atoms with van der Waals surface area (Å²) >= 11 is 0. The van der Waals surface area contributed by atoms with E-state index in [0.29, 0.717) is 6.54 Å². The lowest BCUT2D eigenvalue weighted by Crippen LogP contribution is -2.33. The Hall–Kier alpha value is -2.32. The van der Waals surface area contributed by atoms with Crippen LogP contribution in [0.5, 0.6) is 0 Å². The van der Waals surface area contributed by atoms with Crippen LogP contribution in [0.25, 0.3) is 0 Å². The molecule has 1 atom stereocenters. The highest BCUT2D eigenvalue weighted by atomic mass is 19.4. The molecule has 0 spiro atoms. The molecule has 9 heteroatoms. The average molecular weight is 343 g/mol. The van der Waals surface area contributed by atoms with Gasteiger partial charge in [-0.3, -0.25) is 14.2 Å². The van der Waals surface area contributed by atoms with E-state index < -0.39 is 17.9 Å². The number of carbonyl (C=O) groups excluding carboxylic acids is 1. The monoisotopic (exact) mass is 343 g/mol. The molecule has 24 heavy (non-hydrogen) atoms. The van der Waals surface area contributed by atoms with E-state index >= 15 is 0 Å². The Balaban J connectivity index is 2.12. The van der Waals surface area contributed by atoms with E-state index in [1.807, 2.05) is 13.1 Å².